The van der Waals surface area contributed by atoms with Crippen molar-refractivity contribution in [2.24, 2.45) is 5.73 Å². The molecule has 1 heterocycles. The van der Waals surface area contributed by atoms with Gasteiger partial charge in [-0.15, -0.1) is 13.2 Å². The number of fused-ring (bicyclic) bond motifs is 3. The third-order valence-corrected chi connectivity index (χ3v) is 5.13. The number of rotatable bonds is 5. The summed E-state index contributed by atoms with van der Waals surface area (Å²) >= 11 is 0. The zero-order chi connectivity index (χ0) is 21.5. The summed E-state index contributed by atoms with van der Waals surface area (Å²) in [6.45, 7) is 2.48. The Hall–Kier alpha value is -3.48. The fourth-order valence-corrected chi connectivity index (χ4v) is 3.76. The van der Waals surface area contributed by atoms with Gasteiger partial charge in [-0.1, -0.05) is 37.3 Å². The third-order valence-electron chi connectivity index (χ3n) is 5.13. The molecule has 0 saturated carbocycles. The molecule has 4 nitrogen and oxygen atoms in total. The lowest BCUT2D eigenvalue weighted by molar-refractivity contribution is -0.274. The van der Waals surface area contributed by atoms with Crippen LogP contribution in [0.5, 0.6) is 5.75 Å². The molecule has 3 aromatic carbocycles. The van der Waals surface area contributed by atoms with Crippen LogP contribution in [0.1, 0.15) is 28.4 Å². The van der Waals surface area contributed by atoms with Crippen molar-refractivity contribution in [3.8, 4) is 5.75 Å². The van der Waals surface area contributed by atoms with Crippen molar-refractivity contribution in [1.82, 2.24) is 4.57 Å². The van der Waals surface area contributed by atoms with Gasteiger partial charge in [0.1, 0.15) is 5.75 Å². The SMILES string of the molecule is CCc1ccc2c3c(C(N)=O)cccc3n(Cc3ccc(OC(F)(F)F)cc3)c2c1. The number of hydrogen-bond acceptors (Lipinski definition) is 2. The standard InChI is InChI=1S/C23H19F3N2O2/c1-2-14-8-11-17-20(12-14)28(19-5-3-4-18(21(17)19)22(27)29)13-15-6-9-16(10-7-15)30-23(24,25)26/h3-12H,2,13H2,1H3,(H2,27,29). The number of nitrogens with two attached hydrogens (primary N) is 1. The lowest BCUT2D eigenvalue weighted by atomic mass is 10.0. The molecule has 7 heteroatoms. The van der Waals surface area contributed by atoms with Gasteiger partial charge < -0.3 is 15.0 Å². The van der Waals surface area contributed by atoms with Gasteiger partial charge in [0.15, 0.2) is 0 Å². The van der Waals surface area contributed by atoms with Crippen molar-refractivity contribution < 1.29 is 22.7 Å². The van der Waals surface area contributed by atoms with Crippen LogP contribution in [0.2, 0.25) is 0 Å². The quantitative estimate of drug-likeness (QED) is 0.477. The van der Waals surface area contributed by atoms with E-state index in [4.69, 9.17) is 5.73 Å². The van der Waals surface area contributed by atoms with E-state index in [2.05, 4.69) is 22.3 Å². The molecule has 4 aromatic rings. The number of carbonyl (C=O) groups is 1. The zero-order valence-electron chi connectivity index (χ0n) is 16.2. The maximum Gasteiger partial charge on any atom is 0.573 e. The normalized spacial score (nSPS) is 11.9. The van der Waals surface area contributed by atoms with Gasteiger partial charge in [-0.2, -0.15) is 0 Å². The monoisotopic (exact) mass is 412 g/mol. The molecule has 1 aromatic heterocycles. The molecule has 0 unspecified atom stereocenters. The summed E-state index contributed by atoms with van der Waals surface area (Å²) in [5.74, 6) is -0.773. The van der Waals surface area contributed by atoms with E-state index in [9.17, 15) is 18.0 Å². The molecule has 0 aliphatic heterocycles. The van der Waals surface area contributed by atoms with E-state index in [1.54, 1.807) is 24.3 Å². The average Bonchev–Trinajstić information content (AvgIpc) is 3.01. The Labute approximate surface area is 170 Å². The van der Waals surface area contributed by atoms with Gasteiger partial charge in [-0.25, -0.2) is 0 Å². The Bertz CT molecular complexity index is 1240. The molecule has 0 aliphatic rings. The number of benzene rings is 3. The summed E-state index contributed by atoms with van der Waals surface area (Å²) in [6, 6.07) is 17.2. The van der Waals surface area contributed by atoms with Crippen LogP contribution in [-0.2, 0) is 13.0 Å². The van der Waals surface area contributed by atoms with Crippen LogP contribution in [0.3, 0.4) is 0 Å². The number of alkyl halides is 3. The lowest BCUT2D eigenvalue weighted by Crippen LogP contribution is -2.17. The average molecular weight is 412 g/mol. The molecule has 0 fully saturated rings. The van der Waals surface area contributed by atoms with Crippen LogP contribution < -0.4 is 10.5 Å². The summed E-state index contributed by atoms with van der Waals surface area (Å²) in [4.78, 5) is 12.0. The second-order valence-electron chi connectivity index (χ2n) is 7.05. The molecule has 0 bridgehead atoms. The van der Waals surface area contributed by atoms with E-state index in [-0.39, 0.29) is 5.75 Å². The first-order chi connectivity index (χ1) is 14.3. The van der Waals surface area contributed by atoms with E-state index >= 15 is 0 Å². The number of ether oxygens (including phenoxy) is 1. The number of nitrogens with zero attached hydrogens (tertiary/aromatic N) is 1. The molecule has 0 radical (unpaired) electrons. The second kappa shape index (κ2) is 7.40. The molecule has 0 atom stereocenters. The highest BCUT2D eigenvalue weighted by Gasteiger charge is 2.31. The fourth-order valence-electron chi connectivity index (χ4n) is 3.76. The van der Waals surface area contributed by atoms with Gasteiger partial charge in [0.25, 0.3) is 0 Å². The first kappa shape index (κ1) is 19.8. The summed E-state index contributed by atoms with van der Waals surface area (Å²) in [5, 5.41) is 1.69. The highest BCUT2D eigenvalue weighted by molar-refractivity contribution is 6.17. The number of aromatic nitrogens is 1. The van der Waals surface area contributed by atoms with E-state index < -0.39 is 12.3 Å². The number of carbonyl (C=O) groups excluding carboxylic acids is 1. The Balaban J connectivity index is 1.85. The van der Waals surface area contributed by atoms with Gasteiger partial charge in [0.2, 0.25) is 5.91 Å². The predicted molar refractivity (Wildman–Crippen MR) is 110 cm³/mol. The van der Waals surface area contributed by atoms with E-state index in [1.165, 1.54) is 12.1 Å². The number of primary amides is 1. The summed E-state index contributed by atoms with van der Waals surface area (Å²) in [6.07, 6.45) is -3.88. The second-order valence-corrected chi connectivity index (χ2v) is 7.05. The first-order valence-corrected chi connectivity index (χ1v) is 9.45. The zero-order valence-corrected chi connectivity index (χ0v) is 16.2. The topological polar surface area (TPSA) is 57.2 Å². The first-order valence-electron chi connectivity index (χ1n) is 9.45. The highest BCUT2D eigenvalue weighted by Crippen LogP contribution is 2.33. The van der Waals surface area contributed by atoms with Crippen molar-refractivity contribution in [3.63, 3.8) is 0 Å². The third kappa shape index (κ3) is 3.70. The van der Waals surface area contributed by atoms with Gasteiger partial charge in [0, 0.05) is 28.4 Å². The molecule has 30 heavy (non-hydrogen) atoms. The Kier molecular flexibility index (Phi) is 4.89. The van der Waals surface area contributed by atoms with E-state index in [0.717, 1.165) is 39.4 Å². The molecule has 4 rings (SSSR count). The largest absolute Gasteiger partial charge is 0.573 e. The number of hydrogen-bond donors (Lipinski definition) is 1. The van der Waals surface area contributed by atoms with Crippen LogP contribution in [0.4, 0.5) is 13.2 Å². The minimum atomic E-state index is -4.73. The van der Waals surface area contributed by atoms with Gasteiger partial charge >= 0.3 is 6.36 Å². The van der Waals surface area contributed by atoms with Crippen molar-refractivity contribution in [2.75, 3.05) is 0 Å². The summed E-state index contributed by atoms with van der Waals surface area (Å²) in [5.41, 5.74) is 9.76. The molecular weight excluding hydrogens is 393 g/mol. The number of aryl methyl sites for hydroxylation is 1. The number of amides is 1. The Morgan fingerprint density at radius 2 is 1.70 bits per heavy atom. The highest BCUT2D eigenvalue weighted by atomic mass is 19.4. The number of halogens is 3. The van der Waals surface area contributed by atoms with Crippen LogP contribution in [0.15, 0.2) is 60.7 Å². The van der Waals surface area contributed by atoms with Gasteiger partial charge in [0.05, 0.1) is 5.52 Å². The maximum atomic E-state index is 12.4. The summed E-state index contributed by atoms with van der Waals surface area (Å²) in [7, 11) is 0. The fraction of sp³-hybridized carbons (Fsp3) is 0.174. The minimum absolute atomic E-state index is 0.266. The van der Waals surface area contributed by atoms with Crippen LogP contribution >= 0.6 is 0 Å². The van der Waals surface area contributed by atoms with Gasteiger partial charge in [-0.3, -0.25) is 4.79 Å². The molecule has 0 saturated heterocycles. The molecule has 2 N–H and O–H groups in total. The van der Waals surface area contributed by atoms with Crippen molar-refractivity contribution >= 4 is 27.7 Å². The van der Waals surface area contributed by atoms with Crippen LogP contribution in [0.25, 0.3) is 21.8 Å². The molecule has 0 aliphatic carbocycles. The Morgan fingerprint density at radius 1 is 1.00 bits per heavy atom. The van der Waals surface area contributed by atoms with Crippen molar-refractivity contribution in [2.45, 2.75) is 26.3 Å². The predicted octanol–water partition coefficient (Wildman–Crippen LogP) is 5.40. The van der Waals surface area contributed by atoms with Crippen LogP contribution in [-0.4, -0.2) is 16.8 Å². The van der Waals surface area contributed by atoms with Gasteiger partial charge in [-0.05, 0) is 47.9 Å². The molecule has 0 spiro atoms. The van der Waals surface area contributed by atoms with Crippen molar-refractivity contribution in [1.29, 1.82) is 0 Å². The Morgan fingerprint density at radius 3 is 2.33 bits per heavy atom. The maximum absolute atomic E-state index is 12.4. The smallest absolute Gasteiger partial charge is 0.406 e. The molecule has 1 amide bonds. The molecular formula is C23H19F3N2O2. The van der Waals surface area contributed by atoms with Crippen molar-refractivity contribution in [3.05, 3.63) is 77.4 Å². The molecule has 154 valence electrons. The minimum Gasteiger partial charge on any atom is -0.406 e. The van der Waals surface area contributed by atoms with E-state index in [1.807, 2.05) is 18.2 Å². The summed E-state index contributed by atoms with van der Waals surface area (Å²) < 4.78 is 43.2. The van der Waals surface area contributed by atoms with Crippen LogP contribution in [0, 0.1) is 0 Å². The van der Waals surface area contributed by atoms with E-state index in [0.29, 0.717) is 12.1 Å². The lowest BCUT2D eigenvalue weighted by Gasteiger charge is -2.11.